The molecule has 0 saturated carbocycles. The Bertz CT molecular complexity index is 669. The molecule has 1 N–H and O–H groups in total. The van der Waals surface area contributed by atoms with E-state index in [0.717, 1.165) is 0 Å². The Morgan fingerprint density at radius 2 is 1.83 bits per heavy atom. The van der Waals surface area contributed by atoms with Crippen LogP contribution in [0.4, 0.5) is 0 Å². The molecule has 7 nitrogen and oxygen atoms in total. The number of amides is 1. The maximum Gasteiger partial charge on any atom is 0.338 e. The van der Waals surface area contributed by atoms with E-state index in [-0.39, 0.29) is 35.9 Å². The molecular formula is C16H24N2O5S. The molecule has 134 valence electrons. The average molecular weight is 356 g/mol. The second kappa shape index (κ2) is 9.39. The van der Waals surface area contributed by atoms with Gasteiger partial charge >= 0.3 is 5.97 Å². The zero-order valence-corrected chi connectivity index (χ0v) is 15.1. The van der Waals surface area contributed by atoms with E-state index in [0.29, 0.717) is 13.1 Å². The molecule has 24 heavy (non-hydrogen) atoms. The highest BCUT2D eigenvalue weighted by molar-refractivity contribution is 7.89. The van der Waals surface area contributed by atoms with Crippen LogP contribution in [-0.2, 0) is 19.6 Å². The van der Waals surface area contributed by atoms with E-state index in [1.165, 1.54) is 24.3 Å². The van der Waals surface area contributed by atoms with Gasteiger partial charge in [-0.3, -0.25) is 4.79 Å². The van der Waals surface area contributed by atoms with Crippen molar-refractivity contribution in [1.82, 2.24) is 9.62 Å². The van der Waals surface area contributed by atoms with Gasteiger partial charge in [-0.05, 0) is 39.0 Å². The van der Waals surface area contributed by atoms with Crippen LogP contribution >= 0.6 is 0 Å². The summed E-state index contributed by atoms with van der Waals surface area (Å²) in [6.07, 6.45) is 0.0818. The Labute approximate surface area is 143 Å². The fourth-order valence-electron chi connectivity index (χ4n) is 2.11. The summed E-state index contributed by atoms with van der Waals surface area (Å²) < 4.78 is 31.8. The first-order valence-corrected chi connectivity index (χ1v) is 9.38. The predicted octanol–water partition coefficient (Wildman–Crippen LogP) is 1.40. The van der Waals surface area contributed by atoms with Crippen LogP contribution in [0, 0.1) is 0 Å². The molecule has 1 rings (SSSR count). The van der Waals surface area contributed by atoms with E-state index < -0.39 is 16.0 Å². The summed E-state index contributed by atoms with van der Waals surface area (Å²) in [6.45, 7) is 6.79. The molecule has 1 aromatic carbocycles. The van der Waals surface area contributed by atoms with E-state index in [1.807, 2.05) is 13.8 Å². The number of carbonyl (C=O) groups excluding carboxylic acids is 2. The minimum Gasteiger partial charge on any atom is -0.462 e. The number of rotatable bonds is 9. The van der Waals surface area contributed by atoms with E-state index in [2.05, 4.69) is 4.72 Å². The standard InChI is InChI=1S/C16H24N2O5S/c1-4-18(5-2)15(19)10-11-17-24(21,22)14-9-7-8-13(12-14)16(20)23-6-3/h7-9,12,17H,4-6,10-11H2,1-3H3. The van der Waals surface area contributed by atoms with Crippen LogP contribution in [0.1, 0.15) is 37.6 Å². The van der Waals surface area contributed by atoms with Gasteiger partial charge in [-0.25, -0.2) is 17.9 Å². The van der Waals surface area contributed by atoms with Crippen LogP contribution in [0.5, 0.6) is 0 Å². The Kier molecular flexibility index (Phi) is 7.87. The molecule has 0 heterocycles. The van der Waals surface area contributed by atoms with Gasteiger partial charge in [0.05, 0.1) is 17.1 Å². The molecule has 0 saturated heterocycles. The van der Waals surface area contributed by atoms with Crippen molar-refractivity contribution in [3.8, 4) is 0 Å². The van der Waals surface area contributed by atoms with Crippen molar-refractivity contribution in [2.45, 2.75) is 32.1 Å². The molecule has 0 atom stereocenters. The van der Waals surface area contributed by atoms with Gasteiger partial charge in [0.15, 0.2) is 0 Å². The predicted molar refractivity (Wildman–Crippen MR) is 90.1 cm³/mol. The van der Waals surface area contributed by atoms with E-state index in [1.54, 1.807) is 11.8 Å². The Balaban J connectivity index is 2.74. The second-order valence-electron chi connectivity index (χ2n) is 4.96. The normalized spacial score (nSPS) is 11.1. The molecule has 8 heteroatoms. The zero-order valence-electron chi connectivity index (χ0n) is 14.2. The van der Waals surface area contributed by atoms with Crippen molar-refractivity contribution in [3.05, 3.63) is 29.8 Å². The third kappa shape index (κ3) is 5.61. The lowest BCUT2D eigenvalue weighted by molar-refractivity contribution is -0.130. The number of sulfonamides is 1. The van der Waals surface area contributed by atoms with Gasteiger partial charge in [0.25, 0.3) is 0 Å². The number of hydrogen-bond donors (Lipinski definition) is 1. The van der Waals surface area contributed by atoms with Gasteiger partial charge in [-0.1, -0.05) is 6.07 Å². The minimum atomic E-state index is -3.79. The maximum atomic E-state index is 12.3. The molecule has 0 unspecified atom stereocenters. The summed E-state index contributed by atoms with van der Waals surface area (Å²) in [5.41, 5.74) is 0.166. The van der Waals surface area contributed by atoms with Crippen molar-refractivity contribution in [2.75, 3.05) is 26.2 Å². The van der Waals surface area contributed by atoms with E-state index in [4.69, 9.17) is 4.74 Å². The molecule has 1 amide bonds. The van der Waals surface area contributed by atoms with Crippen molar-refractivity contribution in [1.29, 1.82) is 0 Å². The van der Waals surface area contributed by atoms with Gasteiger partial charge in [-0.2, -0.15) is 0 Å². The molecule has 0 aromatic heterocycles. The first-order valence-electron chi connectivity index (χ1n) is 7.90. The topological polar surface area (TPSA) is 92.8 Å². The van der Waals surface area contributed by atoms with Gasteiger partial charge < -0.3 is 9.64 Å². The van der Waals surface area contributed by atoms with Gasteiger partial charge in [-0.15, -0.1) is 0 Å². The molecule has 0 aliphatic carbocycles. The fraction of sp³-hybridized carbons (Fsp3) is 0.500. The van der Waals surface area contributed by atoms with Gasteiger partial charge in [0.1, 0.15) is 0 Å². The van der Waals surface area contributed by atoms with Crippen molar-refractivity contribution in [3.63, 3.8) is 0 Å². The highest BCUT2D eigenvalue weighted by atomic mass is 32.2. The number of nitrogens with zero attached hydrogens (tertiary/aromatic N) is 1. The molecule has 0 spiro atoms. The molecule has 0 bridgehead atoms. The van der Waals surface area contributed by atoms with Crippen LogP contribution in [0.25, 0.3) is 0 Å². The van der Waals surface area contributed by atoms with Crippen LogP contribution in [-0.4, -0.2) is 51.4 Å². The van der Waals surface area contributed by atoms with Crippen LogP contribution in [0.15, 0.2) is 29.2 Å². The second-order valence-corrected chi connectivity index (χ2v) is 6.73. The number of carbonyl (C=O) groups is 2. The summed E-state index contributed by atoms with van der Waals surface area (Å²) in [5, 5.41) is 0. The first kappa shape index (κ1) is 20.1. The van der Waals surface area contributed by atoms with Crippen molar-refractivity contribution >= 4 is 21.9 Å². The van der Waals surface area contributed by atoms with Gasteiger partial charge in [0.2, 0.25) is 15.9 Å². The lowest BCUT2D eigenvalue weighted by Crippen LogP contribution is -2.34. The molecule has 0 fully saturated rings. The molecule has 0 aliphatic rings. The van der Waals surface area contributed by atoms with Crippen molar-refractivity contribution in [2.24, 2.45) is 0 Å². The van der Waals surface area contributed by atoms with Crippen LogP contribution in [0.3, 0.4) is 0 Å². The zero-order chi connectivity index (χ0) is 18.2. The highest BCUT2D eigenvalue weighted by Crippen LogP contribution is 2.12. The first-order chi connectivity index (χ1) is 11.4. The molecule has 0 aliphatic heterocycles. The monoisotopic (exact) mass is 356 g/mol. The summed E-state index contributed by atoms with van der Waals surface area (Å²) >= 11 is 0. The Hall–Kier alpha value is -1.93. The number of hydrogen-bond acceptors (Lipinski definition) is 5. The smallest absolute Gasteiger partial charge is 0.338 e. The number of benzene rings is 1. The number of ether oxygens (including phenoxy) is 1. The quantitative estimate of drug-likeness (QED) is 0.675. The fourth-order valence-corrected chi connectivity index (χ4v) is 3.19. The average Bonchev–Trinajstić information content (AvgIpc) is 2.56. The lowest BCUT2D eigenvalue weighted by atomic mass is 10.2. The minimum absolute atomic E-state index is 0.00129. The molecule has 1 aromatic rings. The van der Waals surface area contributed by atoms with Crippen LogP contribution in [0.2, 0.25) is 0 Å². The van der Waals surface area contributed by atoms with Gasteiger partial charge in [0, 0.05) is 26.1 Å². The van der Waals surface area contributed by atoms with Crippen molar-refractivity contribution < 1.29 is 22.7 Å². The third-order valence-electron chi connectivity index (χ3n) is 3.40. The maximum absolute atomic E-state index is 12.3. The number of esters is 1. The Morgan fingerprint density at radius 1 is 1.17 bits per heavy atom. The summed E-state index contributed by atoms with van der Waals surface area (Å²) in [4.78, 5) is 25.1. The number of nitrogens with one attached hydrogen (secondary N) is 1. The summed E-state index contributed by atoms with van der Waals surface area (Å²) in [7, 11) is -3.79. The largest absolute Gasteiger partial charge is 0.462 e. The molecule has 0 radical (unpaired) electrons. The van der Waals surface area contributed by atoms with E-state index in [9.17, 15) is 18.0 Å². The SMILES string of the molecule is CCOC(=O)c1cccc(S(=O)(=O)NCCC(=O)N(CC)CC)c1. The van der Waals surface area contributed by atoms with E-state index >= 15 is 0 Å². The Morgan fingerprint density at radius 3 is 2.42 bits per heavy atom. The molecular weight excluding hydrogens is 332 g/mol. The van der Waals surface area contributed by atoms with Crippen LogP contribution < -0.4 is 4.72 Å². The third-order valence-corrected chi connectivity index (χ3v) is 4.86. The summed E-state index contributed by atoms with van der Waals surface area (Å²) in [6, 6.07) is 5.60. The lowest BCUT2D eigenvalue weighted by Gasteiger charge is -2.18. The highest BCUT2D eigenvalue weighted by Gasteiger charge is 2.17. The summed E-state index contributed by atoms with van der Waals surface area (Å²) in [5.74, 6) is -0.686.